The molecule has 2 N–H and O–H groups in total. The minimum Gasteiger partial charge on any atom is -0.356 e. The van der Waals surface area contributed by atoms with Gasteiger partial charge in [-0.15, -0.1) is 6.58 Å². The first-order valence-electron chi connectivity index (χ1n) is 4.87. The SMILES string of the molecule is C=CC(C)NC1CCCNC(=O)C1. The monoisotopic (exact) mass is 182 g/mol. The molecule has 13 heavy (non-hydrogen) atoms. The van der Waals surface area contributed by atoms with Crippen LogP contribution in [0.15, 0.2) is 12.7 Å². The molecule has 0 aromatic rings. The van der Waals surface area contributed by atoms with E-state index in [0.29, 0.717) is 12.5 Å². The summed E-state index contributed by atoms with van der Waals surface area (Å²) in [6, 6.07) is 0.603. The van der Waals surface area contributed by atoms with Gasteiger partial charge in [-0.25, -0.2) is 0 Å². The van der Waals surface area contributed by atoms with Gasteiger partial charge in [0.15, 0.2) is 0 Å². The molecular weight excluding hydrogens is 164 g/mol. The van der Waals surface area contributed by atoms with Crippen molar-refractivity contribution in [1.82, 2.24) is 10.6 Å². The highest BCUT2D eigenvalue weighted by Gasteiger charge is 2.17. The number of nitrogens with one attached hydrogen (secondary N) is 2. The topological polar surface area (TPSA) is 41.1 Å². The van der Waals surface area contributed by atoms with Gasteiger partial charge in [0, 0.05) is 25.0 Å². The van der Waals surface area contributed by atoms with Gasteiger partial charge in [0.1, 0.15) is 0 Å². The molecule has 74 valence electrons. The molecule has 1 amide bonds. The van der Waals surface area contributed by atoms with Crippen LogP contribution < -0.4 is 10.6 Å². The van der Waals surface area contributed by atoms with Crippen molar-refractivity contribution < 1.29 is 4.79 Å². The van der Waals surface area contributed by atoms with Crippen LogP contribution in [0.2, 0.25) is 0 Å². The summed E-state index contributed by atoms with van der Waals surface area (Å²) < 4.78 is 0. The molecule has 2 unspecified atom stereocenters. The van der Waals surface area contributed by atoms with E-state index in [-0.39, 0.29) is 11.9 Å². The number of carbonyl (C=O) groups is 1. The van der Waals surface area contributed by atoms with Gasteiger partial charge >= 0.3 is 0 Å². The molecular formula is C10H18N2O. The standard InChI is InChI=1S/C10H18N2O/c1-3-8(2)12-9-5-4-6-11-10(13)7-9/h3,8-9,12H,1,4-7H2,2H3,(H,11,13). The smallest absolute Gasteiger partial charge is 0.221 e. The molecule has 1 heterocycles. The van der Waals surface area contributed by atoms with E-state index < -0.39 is 0 Å². The average Bonchev–Trinajstić information content (AvgIpc) is 2.30. The zero-order chi connectivity index (χ0) is 9.68. The van der Waals surface area contributed by atoms with Crippen LogP contribution in [0.3, 0.4) is 0 Å². The molecule has 1 aliphatic rings. The number of hydrogen-bond acceptors (Lipinski definition) is 2. The van der Waals surface area contributed by atoms with Crippen molar-refractivity contribution in [2.24, 2.45) is 0 Å². The molecule has 0 saturated carbocycles. The Morgan fingerprint density at radius 2 is 2.54 bits per heavy atom. The molecule has 0 bridgehead atoms. The Balaban J connectivity index is 2.38. The van der Waals surface area contributed by atoms with Crippen molar-refractivity contribution in [1.29, 1.82) is 0 Å². The van der Waals surface area contributed by atoms with Crippen LogP contribution in [0.5, 0.6) is 0 Å². The second-order valence-electron chi connectivity index (χ2n) is 3.58. The summed E-state index contributed by atoms with van der Waals surface area (Å²) in [5.41, 5.74) is 0. The van der Waals surface area contributed by atoms with E-state index in [0.717, 1.165) is 19.4 Å². The first-order chi connectivity index (χ1) is 6.22. The molecule has 3 heteroatoms. The quantitative estimate of drug-likeness (QED) is 0.634. The lowest BCUT2D eigenvalue weighted by molar-refractivity contribution is -0.121. The fraction of sp³-hybridized carbons (Fsp3) is 0.700. The summed E-state index contributed by atoms with van der Waals surface area (Å²) in [5, 5.41) is 6.22. The van der Waals surface area contributed by atoms with E-state index in [4.69, 9.17) is 0 Å². The van der Waals surface area contributed by atoms with Crippen molar-refractivity contribution in [2.75, 3.05) is 6.54 Å². The second kappa shape index (κ2) is 5.02. The van der Waals surface area contributed by atoms with Crippen molar-refractivity contribution in [2.45, 2.75) is 38.3 Å². The molecule has 1 rings (SSSR count). The summed E-state index contributed by atoms with van der Waals surface area (Å²) in [5.74, 6) is 0.159. The van der Waals surface area contributed by atoms with Gasteiger partial charge < -0.3 is 10.6 Å². The van der Waals surface area contributed by atoms with Crippen LogP contribution >= 0.6 is 0 Å². The summed E-state index contributed by atoms with van der Waals surface area (Å²) in [6.45, 7) is 6.58. The van der Waals surface area contributed by atoms with E-state index in [2.05, 4.69) is 24.1 Å². The Morgan fingerprint density at radius 3 is 3.23 bits per heavy atom. The third-order valence-electron chi connectivity index (χ3n) is 2.34. The van der Waals surface area contributed by atoms with Crippen LogP contribution in [-0.2, 0) is 4.79 Å². The highest BCUT2D eigenvalue weighted by atomic mass is 16.1. The van der Waals surface area contributed by atoms with Crippen LogP contribution in [0.25, 0.3) is 0 Å². The van der Waals surface area contributed by atoms with Gasteiger partial charge in [0.2, 0.25) is 5.91 Å². The minimum absolute atomic E-state index is 0.159. The molecule has 1 saturated heterocycles. The Kier molecular flexibility index (Phi) is 3.96. The van der Waals surface area contributed by atoms with Crippen molar-refractivity contribution in [3.8, 4) is 0 Å². The fourth-order valence-corrected chi connectivity index (χ4v) is 1.56. The van der Waals surface area contributed by atoms with E-state index >= 15 is 0 Å². The Hall–Kier alpha value is -0.830. The summed E-state index contributed by atoms with van der Waals surface area (Å²) in [7, 11) is 0. The summed E-state index contributed by atoms with van der Waals surface area (Å²) >= 11 is 0. The maximum Gasteiger partial charge on any atom is 0.221 e. The summed E-state index contributed by atoms with van der Waals surface area (Å²) in [4.78, 5) is 11.2. The number of hydrogen-bond donors (Lipinski definition) is 2. The number of carbonyl (C=O) groups excluding carboxylic acids is 1. The largest absolute Gasteiger partial charge is 0.356 e. The minimum atomic E-state index is 0.159. The Bertz CT molecular complexity index is 191. The molecule has 0 aromatic heterocycles. The predicted molar refractivity (Wildman–Crippen MR) is 53.4 cm³/mol. The number of rotatable bonds is 3. The third-order valence-corrected chi connectivity index (χ3v) is 2.34. The molecule has 0 radical (unpaired) electrons. The van der Waals surface area contributed by atoms with E-state index in [1.807, 2.05) is 6.08 Å². The predicted octanol–water partition coefficient (Wildman–Crippen LogP) is 0.819. The Labute approximate surface area is 79.6 Å². The zero-order valence-electron chi connectivity index (χ0n) is 8.18. The van der Waals surface area contributed by atoms with E-state index in [1.165, 1.54) is 0 Å². The first kappa shape index (κ1) is 10.3. The highest BCUT2D eigenvalue weighted by molar-refractivity contribution is 5.76. The number of amides is 1. The van der Waals surface area contributed by atoms with Crippen molar-refractivity contribution in [3.05, 3.63) is 12.7 Å². The lowest BCUT2D eigenvalue weighted by Crippen LogP contribution is -2.37. The van der Waals surface area contributed by atoms with Gasteiger partial charge in [0.05, 0.1) is 0 Å². The zero-order valence-corrected chi connectivity index (χ0v) is 8.18. The van der Waals surface area contributed by atoms with Crippen LogP contribution in [-0.4, -0.2) is 24.5 Å². The van der Waals surface area contributed by atoms with Crippen molar-refractivity contribution >= 4 is 5.91 Å². The average molecular weight is 182 g/mol. The third kappa shape index (κ3) is 3.59. The molecule has 0 aliphatic carbocycles. The molecule has 0 aromatic carbocycles. The van der Waals surface area contributed by atoms with E-state index in [1.54, 1.807) is 0 Å². The molecule has 1 aliphatic heterocycles. The molecule has 3 nitrogen and oxygen atoms in total. The van der Waals surface area contributed by atoms with Gasteiger partial charge in [-0.2, -0.15) is 0 Å². The molecule has 2 atom stereocenters. The Morgan fingerprint density at radius 1 is 1.77 bits per heavy atom. The normalized spacial score (nSPS) is 25.9. The fourth-order valence-electron chi connectivity index (χ4n) is 1.56. The van der Waals surface area contributed by atoms with Gasteiger partial charge in [0.25, 0.3) is 0 Å². The van der Waals surface area contributed by atoms with Crippen LogP contribution in [0.4, 0.5) is 0 Å². The van der Waals surface area contributed by atoms with Crippen LogP contribution in [0, 0.1) is 0 Å². The first-order valence-corrected chi connectivity index (χ1v) is 4.87. The lowest BCUT2D eigenvalue weighted by atomic mass is 10.1. The van der Waals surface area contributed by atoms with E-state index in [9.17, 15) is 4.79 Å². The van der Waals surface area contributed by atoms with Gasteiger partial charge in [-0.05, 0) is 19.8 Å². The maximum atomic E-state index is 11.2. The lowest BCUT2D eigenvalue weighted by Gasteiger charge is -2.18. The van der Waals surface area contributed by atoms with Crippen molar-refractivity contribution in [3.63, 3.8) is 0 Å². The molecule has 1 fully saturated rings. The van der Waals surface area contributed by atoms with Gasteiger partial charge in [-0.1, -0.05) is 6.08 Å². The summed E-state index contributed by atoms with van der Waals surface area (Å²) in [6.07, 6.45) is 4.59. The maximum absolute atomic E-state index is 11.2. The second-order valence-corrected chi connectivity index (χ2v) is 3.58. The highest BCUT2D eigenvalue weighted by Crippen LogP contribution is 2.06. The molecule has 0 spiro atoms. The van der Waals surface area contributed by atoms with Crippen LogP contribution in [0.1, 0.15) is 26.2 Å². The van der Waals surface area contributed by atoms with Gasteiger partial charge in [-0.3, -0.25) is 4.79 Å².